The molecule has 2 nitrogen and oxygen atoms in total. The van der Waals surface area contributed by atoms with E-state index in [1.807, 2.05) is 24.3 Å². The van der Waals surface area contributed by atoms with Gasteiger partial charge in [0.05, 0.1) is 0 Å². The highest BCUT2D eigenvalue weighted by atomic mass is 127. The van der Waals surface area contributed by atoms with Gasteiger partial charge in [-0.1, -0.05) is 33.8 Å². The van der Waals surface area contributed by atoms with Crippen molar-refractivity contribution in [2.75, 3.05) is 6.54 Å². The Hall–Kier alpha value is -0.580. The predicted molar refractivity (Wildman–Crippen MR) is 80.1 cm³/mol. The fourth-order valence-corrected chi connectivity index (χ4v) is 1.83. The normalized spacial score (nSPS) is 13.2. The molecule has 0 saturated heterocycles. The third-order valence-corrected chi connectivity index (χ3v) is 3.81. The molecule has 1 aromatic carbocycles. The van der Waals surface area contributed by atoms with Gasteiger partial charge in [-0.15, -0.1) is 0 Å². The van der Waals surface area contributed by atoms with Crippen LogP contribution in [0.2, 0.25) is 0 Å². The van der Waals surface area contributed by atoms with Gasteiger partial charge >= 0.3 is 0 Å². The Balaban J connectivity index is 2.57. The molecule has 0 saturated carbocycles. The van der Waals surface area contributed by atoms with E-state index in [1.165, 1.54) is 0 Å². The van der Waals surface area contributed by atoms with Crippen LogP contribution in [0.1, 0.15) is 38.1 Å². The van der Waals surface area contributed by atoms with Crippen LogP contribution >= 0.6 is 22.6 Å². The van der Waals surface area contributed by atoms with Crippen LogP contribution < -0.4 is 5.32 Å². The molecule has 1 atom stereocenters. The maximum atomic E-state index is 11.9. The zero-order valence-corrected chi connectivity index (χ0v) is 13.0. The molecule has 1 N–H and O–H groups in total. The summed E-state index contributed by atoms with van der Waals surface area (Å²) in [5, 5.41) is 2.99. The third kappa shape index (κ3) is 4.66. The largest absolute Gasteiger partial charge is 0.352 e. The monoisotopic (exact) mass is 345 g/mol. The smallest absolute Gasteiger partial charge is 0.251 e. The van der Waals surface area contributed by atoms with Gasteiger partial charge in [-0.3, -0.25) is 4.79 Å². The fourth-order valence-electron chi connectivity index (χ4n) is 1.28. The minimum absolute atomic E-state index is 0.0135. The summed E-state index contributed by atoms with van der Waals surface area (Å²) in [5.41, 5.74) is 0.955. The highest BCUT2D eigenvalue weighted by molar-refractivity contribution is 14.1. The molecule has 0 aliphatic rings. The first-order valence-corrected chi connectivity index (χ1v) is 6.92. The van der Waals surface area contributed by atoms with Gasteiger partial charge in [-0.25, -0.2) is 0 Å². The second-order valence-corrected chi connectivity index (χ2v) is 6.73. The number of hydrogen-bond acceptors (Lipinski definition) is 1. The zero-order valence-electron chi connectivity index (χ0n) is 10.9. The summed E-state index contributed by atoms with van der Waals surface area (Å²) in [7, 11) is 0. The van der Waals surface area contributed by atoms with Crippen molar-refractivity contribution in [2.45, 2.75) is 27.7 Å². The van der Waals surface area contributed by atoms with E-state index in [9.17, 15) is 4.79 Å². The van der Waals surface area contributed by atoms with Crippen LogP contribution in [0.15, 0.2) is 24.3 Å². The Morgan fingerprint density at radius 2 is 2.06 bits per heavy atom. The molecule has 0 fully saturated rings. The molecule has 1 amide bonds. The maximum absolute atomic E-state index is 11.9. The maximum Gasteiger partial charge on any atom is 0.251 e. The van der Waals surface area contributed by atoms with E-state index < -0.39 is 0 Å². The van der Waals surface area contributed by atoms with E-state index >= 15 is 0 Å². The Morgan fingerprint density at radius 3 is 2.59 bits per heavy atom. The van der Waals surface area contributed by atoms with E-state index in [0.717, 1.165) is 9.13 Å². The first kappa shape index (κ1) is 14.5. The van der Waals surface area contributed by atoms with Crippen LogP contribution in [0.25, 0.3) is 0 Å². The summed E-state index contributed by atoms with van der Waals surface area (Å²) < 4.78 is 1.08. The minimum Gasteiger partial charge on any atom is -0.352 e. The second-order valence-electron chi connectivity index (χ2n) is 5.49. The van der Waals surface area contributed by atoms with Crippen LogP contribution in [-0.2, 0) is 0 Å². The van der Waals surface area contributed by atoms with Crippen molar-refractivity contribution in [3.05, 3.63) is 33.4 Å². The van der Waals surface area contributed by atoms with E-state index in [2.05, 4.69) is 55.6 Å². The van der Waals surface area contributed by atoms with Gasteiger partial charge in [-0.2, -0.15) is 0 Å². The van der Waals surface area contributed by atoms with Crippen LogP contribution in [0.5, 0.6) is 0 Å². The molecule has 17 heavy (non-hydrogen) atoms. The third-order valence-electron chi connectivity index (χ3n) is 3.13. The van der Waals surface area contributed by atoms with Gasteiger partial charge in [0, 0.05) is 15.7 Å². The number of hydrogen-bond donors (Lipinski definition) is 1. The number of nitrogens with one attached hydrogen (secondary N) is 1. The molecule has 0 aromatic heterocycles. The molecule has 1 rings (SSSR count). The van der Waals surface area contributed by atoms with Crippen molar-refractivity contribution in [2.24, 2.45) is 11.3 Å². The molecule has 0 aliphatic carbocycles. The number of benzene rings is 1. The Labute approximate surface area is 117 Å². The Kier molecular flexibility index (Phi) is 4.98. The number of carbonyl (C=O) groups is 1. The highest BCUT2D eigenvalue weighted by Gasteiger charge is 2.20. The molecule has 1 aromatic rings. The molecule has 1 unspecified atom stereocenters. The van der Waals surface area contributed by atoms with E-state index in [0.29, 0.717) is 12.5 Å². The van der Waals surface area contributed by atoms with Crippen LogP contribution in [0.4, 0.5) is 0 Å². The lowest BCUT2D eigenvalue weighted by Crippen LogP contribution is -2.33. The second kappa shape index (κ2) is 5.85. The average molecular weight is 345 g/mol. The first-order valence-electron chi connectivity index (χ1n) is 5.84. The van der Waals surface area contributed by atoms with Crippen molar-refractivity contribution < 1.29 is 4.79 Å². The molecule has 0 heterocycles. The van der Waals surface area contributed by atoms with Crippen LogP contribution in [0, 0.1) is 14.9 Å². The summed E-state index contributed by atoms with van der Waals surface area (Å²) in [5.74, 6) is 0.467. The zero-order chi connectivity index (χ0) is 13.1. The van der Waals surface area contributed by atoms with Crippen molar-refractivity contribution in [3.63, 3.8) is 0 Å². The summed E-state index contributed by atoms with van der Waals surface area (Å²) in [6.07, 6.45) is 0. The SMILES string of the molecule is CC(CNC(=O)c1cccc(I)c1)C(C)(C)C. The number of amides is 1. The summed E-state index contributed by atoms with van der Waals surface area (Å²) in [6, 6.07) is 7.63. The average Bonchev–Trinajstić information content (AvgIpc) is 2.24. The van der Waals surface area contributed by atoms with Crippen molar-refractivity contribution >= 4 is 28.5 Å². The summed E-state index contributed by atoms with van der Waals surface area (Å²) in [4.78, 5) is 11.9. The summed E-state index contributed by atoms with van der Waals surface area (Å²) in [6.45, 7) is 9.45. The van der Waals surface area contributed by atoms with E-state index in [4.69, 9.17) is 0 Å². The van der Waals surface area contributed by atoms with Crippen LogP contribution in [0.3, 0.4) is 0 Å². The van der Waals surface area contributed by atoms with Crippen LogP contribution in [-0.4, -0.2) is 12.5 Å². The molecule has 3 heteroatoms. The van der Waals surface area contributed by atoms with Gasteiger partial charge in [0.1, 0.15) is 0 Å². The molecule has 94 valence electrons. The Bertz CT molecular complexity index is 395. The lowest BCUT2D eigenvalue weighted by atomic mass is 9.82. The summed E-state index contributed by atoms with van der Waals surface area (Å²) >= 11 is 2.21. The molecule has 0 spiro atoms. The standard InChI is InChI=1S/C14H20INO/c1-10(14(2,3)4)9-16-13(17)11-6-5-7-12(15)8-11/h5-8,10H,9H2,1-4H3,(H,16,17). The lowest BCUT2D eigenvalue weighted by Gasteiger charge is -2.27. The van der Waals surface area contributed by atoms with Crippen molar-refractivity contribution in [1.82, 2.24) is 5.32 Å². The van der Waals surface area contributed by atoms with E-state index in [-0.39, 0.29) is 11.3 Å². The molecular weight excluding hydrogens is 325 g/mol. The van der Waals surface area contributed by atoms with Crippen molar-refractivity contribution in [1.29, 1.82) is 0 Å². The number of carbonyl (C=O) groups excluding carboxylic acids is 1. The molecule has 0 aliphatic heterocycles. The van der Waals surface area contributed by atoms with Gasteiger partial charge in [0.15, 0.2) is 0 Å². The first-order chi connectivity index (χ1) is 7.80. The van der Waals surface area contributed by atoms with Gasteiger partial charge in [0.2, 0.25) is 0 Å². The number of halogens is 1. The number of rotatable bonds is 3. The molecule has 0 radical (unpaired) electrons. The lowest BCUT2D eigenvalue weighted by molar-refractivity contribution is 0.0937. The molecule has 0 bridgehead atoms. The fraction of sp³-hybridized carbons (Fsp3) is 0.500. The van der Waals surface area contributed by atoms with Gasteiger partial charge in [0.25, 0.3) is 5.91 Å². The topological polar surface area (TPSA) is 29.1 Å². The van der Waals surface area contributed by atoms with E-state index in [1.54, 1.807) is 0 Å². The molecular formula is C14H20INO. The quantitative estimate of drug-likeness (QED) is 0.832. The predicted octanol–water partition coefficient (Wildman–Crippen LogP) is 3.70. The Morgan fingerprint density at radius 1 is 1.41 bits per heavy atom. The highest BCUT2D eigenvalue weighted by Crippen LogP contribution is 2.24. The van der Waals surface area contributed by atoms with Gasteiger partial charge in [-0.05, 0) is 52.1 Å². The minimum atomic E-state index is 0.0135. The van der Waals surface area contributed by atoms with Crippen molar-refractivity contribution in [3.8, 4) is 0 Å². The van der Waals surface area contributed by atoms with Gasteiger partial charge < -0.3 is 5.32 Å².